The molecule has 0 saturated carbocycles. The van der Waals surface area contributed by atoms with Crippen LogP contribution in [0.25, 0.3) is 0 Å². The Morgan fingerprint density at radius 2 is 1.90 bits per heavy atom. The number of ether oxygens (including phenoxy) is 1. The van der Waals surface area contributed by atoms with Crippen molar-refractivity contribution >= 4 is 23.0 Å². The molecule has 1 unspecified atom stereocenters. The van der Waals surface area contributed by atoms with Crippen LogP contribution in [0.5, 0.6) is 5.75 Å². The number of thiocarbonyl (C=S) groups is 1. The Morgan fingerprint density at radius 1 is 1.20 bits per heavy atom. The summed E-state index contributed by atoms with van der Waals surface area (Å²) in [5.41, 5.74) is 0.891. The number of hydrogen-bond donors (Lipinski definition) is 2. The summed E-state index contributed by atoms with van der Waals surface area (Å²) in [5.74, 6) is 1.56. The molecule has 0 fully saturated rings. The van der Waals surface area contributed by atoms with Gasteiger partial charge in [0.1, 0.15) is 5.75 Å². The zero-order valence-electron chi connectivity index (χ0n) is 12.9. The quantitative estimate of drug-likeness (QED) is 0.739. The number of hydrogen-bond acceptors (Lipinski definition) is 2. The summed E-state index contributed by atoms with van der Waals surface area (Å²) in [6.45, 7) is 6.68. The van der Waals surface area contributed by atoms with E-state index < -0.39 is 0 Å². The van der Waals surface area contributed by atoms with E-state index in [4.69, 9.17) is 17.0 Å². The van der Waals surface area contributed by atoms with Crippen molar-refractivity contribution in [1.82, 2.24) is 5.32 Å². The van der Waals surface area contributed by atoms with E-state index in [0.29, 0.717) is 11.2 Å². The normalized spacial score (nSPS) is 12.1. The lowest BCUT2D eigenvalue weighted by atomic mass is 10.0. The van der Waals surface area contributed by atoms with Crippen LogP contribution in [0.15, 0.2) is 24.3 Å². The Bertz CT molecular complexity index is 421. The van der Waals surface area contributed by atoms with Gasteiger partial charge in [0.15, 0.2) is 5.11 Å². The second-order valence-corrected chi connectivity index (χ2v) is 5.93. The van der Waals surface area contributed by atoms with E-state index in [2.05, 4.69) is 31.4 Å². The van der Waals surface area contributed by atoms with Gasteiger partial charge in [-0.05, 0) is 43.6 Å². The van der Waals surface area contributed by atoms with Crippen molar-refractivity contribution in [2.24, 2.45) is 5.92 Å². The fourth-order valence-electron chi connectivity index (χ4n) is 2.03. The summed E-state index contributed by atoms with van der Waals surface area (Å²) in [6, 6.07) is 8.14. The van der Waals surface area contributed by atoms with Crippen molar-refractivity contribution < 1.29 is 4.74 Å². The van der Waals surface area contributed by atoms with Crippen LogP contribution in [0, 0.1) is 5.92 Å². The molecule has 4 heteroatoms. The molecule has 2 N–H and O–H groups in total. The van der Waals surface area contributed by atoms with E-state index in [1.165, 1.54) is 12.8 Å². The first-order valence-electron chi connectivity index (χ1n) is 7.23. The molecule has 1 aromatic carbocycles. The molecule has 0 radical (unpaired) electrons. The van der Waals surface area contributed by atoms with Gasteiger partial charge in [-0.3, -0.25) is 0 Å². The number of para-hydroxylation sites is 2. The van der Waals surface area contributed by atoms with Gasteiger partial charge in [-0.2, -0.15) is 0 Å². The maximum absolute atomic E-state index is 5.34. The van der Waals surface area contributed by atoms with Crippen LogP contribution in [-0.4, -0.2) is 18.3 Å². The topological polar surface area (TPSA) is 33.3 Å². The molecule has 0 heterocycles. The first-order chi connectivity index (χ1) is 9.52. The Labute approximate surface area is 128 Å². The van der Waals surface area contributed by atoms with E-state index in [-0.39, 0.29) is 0 Å². The van der Waals surface area contributed by atoms with Gasteiger partial charge < -0.3 is 15.4 Å². The van der Waals surface area contributed by atoms with E-state index in [9.17, 15) is 0 Å². The summed E-state index contributed by atoms with van der Waals surface area (Å²) in [7, 11) is 1.66. The third-order valence-corrected chi connectivity index (χ3v) is 3.37. The van der Waals surface area contributed by atoms with Crippen LogP contribution in [-0.2, 0) is 0 Å². The standard InChI is InChI=1S/C16H26N2OS/c1-12(2)8-7-9-13(3)17-16(20)18-14-10-5-6-11-15(14)19-4/h5-6,10-13H,7-9H2,1-4H3,(H2,17,18,20). The molecule has 0 spiro atoms. The number of nitrogens with one attached hydrogen (secondary N) is 2. The largest absolute Gasteiger partial charge is 0.495 e. The average Bonchev–Trinajstić information content (AvgIpc) is 2.38. The zero-order valence-corrected chi connectivity index (χ0v) is 13.7. The molecule has 1 atom stereocenters. The van der Waals surface area contributed by atoms with E-state index in [1.54, 1.807) is 7.11 Å². The molecule has 0 aliphatic heterocycles. The van der Waals surface area contributed by atoms with Gasteiger partial charge in [0.05, 0.1) is 12.8 Å². The molecule has 0 aliphatic carbocycles. The van der Waals surface area contributed by atoms with E-state index in [0.717, 1.165) is 23.8 Å². The van der Waals surface area contributed by atoms with Crippen molar-refractivity contribution in [3.05, 3.63) is 24.3 Å². The average molecular weight is 294 g/mol. The minimum absolute atomic E-state index is 0.378. The van der Waals surface area contributed by atoms with Crippen LogP contribution >= 0.6 is 12.2 Å². The predicted molar refractivity (Wildman–Crippen MR) is 90.5 cm³/mol. The van der Waals surface area contributed by atoms with Crippen molar-refractivity contribution in [2.45, 2.75) is 46.1 Å². The predicted octanol–water partition coefficient (Wildman–Crippen LogP) is 4.20. The van der Waals surface area contributed by atoms with Gasteiger partial charge in [-0.1, -0.05) is 38.8 Å². The maximum Gasteiger partial charge on any atom is 0.171 e. The monoisotopic (exact) mass is 294 g/mol. The van der Waals surface area contributed by atoms with Crippen LogP contribution < -0.4 is 15.4 Å². The fraction of sp³-hybridized carbons (Fsp3) is 0.562. The molecule has 0 saturated heterocycles. The minimum atomic E-state index is 0.378. The van der Waals surface area contributed by atoms with Crippen molar-refractivity contribution in [3.8, 4) is 5.75 Å². The molecule has 1 aromatic rings. The molecule has 0 aliphatic rings. The summed E-state index contributed by atoms with van der Waals surface area (Å²) in [5, 5.41) is 7.15. The molecule has 3 nitrogen and oxygen atoms in total. The van der Waals surface area contributed by atoms with Crippen LogP contribution in [0.4, 0.5) is 5.69 Å². The summed E-state index contributed by atoms with van der Waals surface area (Å²) in [6.07, 6.45) is 3.62. The van der Waals surface area contributed by atoms with E-state index in [1.807, 2.05) is 24.3 Å². The molecule has 0 aromatic heterocycles. The Balaban J connectivity index is 2.39. The first-order valence-corrected chi connectivity index (χ1v) is 7.64. The second kappa shape index (κ2) is 8.80. The zero-order chi connectivity index (χ0) is 15.0. The third-order valence-electron chi connectivity index (χ3n) is 3.15. The maximum atomic E-state index is 5.34. The molecule has 20 heavy (non-hydrogen) atoms. The lowest BCUT2D eigenvalue weighted by Crippen LogP contribution is -2.35. The smallest absolute Gasteiger partial charge is 0.171 e. The highest BCUT2D eigenvalue weighted by Gasteiger charge is 2.07. The Hall–Kier alpha value is -1.29. The molecule has 0 amide bonds. The number of methoxy groups -OCH3 is 1. The summed E-state index contributed by atoms with van der Waals surface area (Å²) >= 11 is 5.34. The van der Waals surface area contributed by atoms with Crippen LogP contribution in [0.2, 0.25) is 0 Å². The summed E-state index contributed by atoms with van der Waals surface area (Å²) in [4.78, 5) is 0. The van der Waals surface area contributed by atoms with Gasteiger partial charge in [0.25, 0.3) is 0 Å². The van der Waals surface area contributed by atoms with Gasteiger partial charge in [0.2, 0.25) is 0 Å². The molecule has 112 valence electrons. The third kappa shape index (κ3) is 6.24. The van der Waals surface area contributed by atoms with Crippen LogP contribution in [0.3, 0.4) is 0 Å². The second-order valence-electron chi connectivity index (χ2n) is 5.52. The first kappa shape index (κ1) is 16.8. The fourth-order valence-corrected chi connectivity index (χ4v) is 2.35. The van der Waals surface area contributed by atoms with Crippen molar-refractivity contribution in [2.75, 3.05) is 12.4 Å². The molecular weight excluding hydrogens is 268 g/mol. The summed E-state index contributed by atoms with van der Waals surface area (Å²) < 4.78 is 5.29. The molecule has 0 bridgehead atoms. The molecular formula is C16H26N2OS. The number of rotatable bonds is 7. The lowest BCUT2D eigenvalue weighted by molar-refractivity contribution is 0.417. The van der Waals surface area contributed by atoms with Gasteiger partial charge in [0, 0.05) is 6.04 Å². The highest BCUT2D eigenvalue weighted by Crippen LogP contribution is 2.22. The molecule has 1 rings (SSSR count). The van der Waals surface area contributed by atoms with Gasteiger partial charge in [-0.25, -0.2) is 0 Å². The SMILES string of the molecule is COc1ccccc1NC(=S)NC(C)CCCC(C)C. The van der Waals surface area contributed by atoms with Crippen molar-refractivity contribution in [1.29, 1.82) is 0 Å². The van der Waals surface area contributed by atoms with Gasteiger partial charge in [-0.15, -0.1) is 0 Å². The Morgan fingerprint density at radius 3 is 2.55 bits per heavy atom. The van der Waals surface area contributed by atoms with E-state index >= 15 is 0 Å². The minimum Gasteiger partial charge on any atom is -0.495 e. The lowest BCUT2D eigenvalue weighted by Gasteiger charge is -2.18. The highest BCUT2D eigenvalue weighted by molar-refractivity contribution is 7.80. The number of benzene rings is 1. The number of anilines is 1. The Kier molecular flexibility index (Phi) is 7.37. The van der Waals surface area contributed by atoms with Gasteiger partial charge >= 0.3 is 0 Å². The van der Waals surface area contributed by atoms with Crippen molar-refractivity contribution in [3.63, 3.8) is 0 Å². The van der Waals surface area contributed by atoms with Crippen LogP contribution in [0.1, 0.15) is 40.0 Å². The highest BCUT2D eigenvalue weighted by atomic mass is 32.1.